The van der Waals surface area contributed by atoms with Crippen molar-refractivity contribution in [2.45, 2.75) is 0 Å². The Kier molecular flexibility index (Phi) is 4.20. The van der Waals surface area contributed by atoms with Gasteiger partial charge >= 0.3 is 5.97 Å². The van der Waals surface area contributed by atoms with E-state index in [1.54, 1.807) is 18.2 Å². The lowest BCUT2D eigenvalue weighted by Gasteiger charge is -2.11. The molecule has 0 amide bonds. The van der Waals surface area contributed by atoms with E-state index in [2.05, 4.69) is 0 Å². The molecule has 0 aliphatic heterocycles. The van der Waals surface area contributed by atoms with Crippen LogP contribution in [0.1, 0.15) is 10.4 Å². The fourth-order valence-corrected chi connectivity index (χ4v) is 1.94. The van der Waals surface area contributed by atoms with Crippen LogP contribution in [0.25, 0.3) is 0 Å². The van der Waals surface area contributed by atoms with E-state index < -0.39 is 5.97 Å². The van der Waals surface area contributed by atoms with Crippen LogP contribution in [0.4, 0.5) is 0 Å². The predicted molar refractivity (Wildman–Crippen MR) is 74.9 cm³/mol. The Bertz CT molecular complexity index is 641. The molecule has 0 saturated carbocycles. The number of aromatic carboxylic acids is 1. The number of rotatable bonds is 3. The molecule has 3 nitrogen and oxygen atoms in total. The van der Waals surface area contributed by atoms with E-state index in [1.807, 2.05) is 0 Å². The molecular weight excluding hydrogens is 310 g/mol. The van der Waals surface area contributed by atoms with Gasteiger partial charge in [-0.2, -0.15) is 0 Å². The maximum absolute atomic E-state index is 11.1. The summed E-state index contributed by atoms with van der Waals surface area (Å²) < 4.78 is 5.48. The van der Waals surface area contributed by atoms with E-state index in [4.69, 9.17) is 44.6 Å². The standard InChI is InChI=1S/C13H7Cl3O3/c14-9-5-4-7(6-11(9)16)19-12-8(13(17)18)2-1-3-10(12)15/h1-6H,(H,17,18). The molecule has 0 aromatic heterocycles. The highest BCUT2D eigenvalue weighted by Gasteiger charge is 2.15. The molecule has 0 spiro atoms. The Hall–Kier alpha value is -1.42. The molecule has 6 heteroatoms. The lowest BCUT2D eigenvalue weighted by Crippen LogP contribution is -2.00. The topological polar surface area (TPSA) is 46.5 Å². The first-order chi connectivity index (χ1) is 8.99. The van der Waals surface area contributed by atoms with Crippen molar-refractivity contribution in [1.82, 2.24) is 0 Å². The second kappa shape index (κ2) is 5.70. The van der Waals surface area contributed by atoms with Crippen LogP contribution in [0, 0.1) is 0 Å². The Balaban J connectivity index is 2.42. The molecule has 19 heavy (non-hydrogen) atoms. The minimum absolute atomic E-state index is 0.0291. The second-order valence-corrected chi connectivity index (χ2v) is 4.82. The number of hydrogen-bond acceptors (Lipinski definition) is 2. The fraction of sp³-hybridized carbons (Fsp3) is 0. The minimum atomic E-state index is -1.13. The molecule has 0 bridgehead atoms. The summed E-state index contributed by atoms with van der Waals surface area (Å²) in [5.41, 5.74) is -0.0291. The van der Waals surface area contributed by atoms with Gasteiger partial charge in [-0.15, -0.1) is 0 Å². The molecule has 0 fully saturated rings. The molecule has 0 aliphatic rings. The first-order valence-electron chi connectivity index (χ1n) is 5.13. The number of benzene rings is 2. The van der Waals surface area contributed by atoms with Crippen molar-refractivity contribution >= 4 is 40.8 Å². The van der Waals surface area contributed by atoms with Crippen LogP contribution in [-0.2, 0) is 0 Å². The first kappa shape index (κ1) is 14.0. The van der Waals surface area contributed by atoms with Gasteiger partial charge < -0.3 is 9.84 Å². The van der Waals surface area contributed by atoms with Crippen LogP contribution in [0.3, 0.4) is 0 Å². The summed E-state index contributed by atoms with van der Waals surface area (Å²) in [4.78, 5) is 11.1. The Morgan fingerprint density at radius 2 is 1.74 bits per heavy atom. The van der Waals surface area contributed by atoms with E-state index in [0.717, 1.165) is 0 Å². The van der Waals surface area contributed by atoms with E-state index in [0.29, 0.717) is 15.8 Å². The predicted octanol–water partition coefficient (Wildman–Crippen LogP) is 5.14. The smallest absolute Gasteiger partial charge is 0.339 e. The SMILES string of the molecule is O=C(O)c1cccc(Cl)c1Oc1ccc(Cl)c(Cl)c1. The van der Waals surface area contributed by atoms with Crippen LogP contribution < -0.4 is 4.74 Å². The van der Waals surface area contributed by atoms with Crippen LogP contribution >= 0.6 is 34.8 Å². The van der Waals surface area contributed by atoms with Crippen molar-refractivity contribution in [3.8, 4) is 11.5 Å². The molecule has 0 aliphatic carbocycles. The van der Waals surface area contributed by atoms with Crippen LogP contribution in [0.15, 0.2) is 36.4 Å². The minimum Gasteiger partial charge on any atom is -0.478 e. The maximum Gasteiger partial charge on any atom is 0.339 e. The van der Waals surface area contributed by atoms with Crippen LogP contribution in [0.2, 0.25) is 15.1 Å². The summed E-state index contributed by atoms with van der Waals surface area (Å²) in [6, 6.07) is 9.09. The number of hydrogen-bond donors (Lipinski definition) is 1. The van der Waals surface area contributed by atoms with Gasteiger partial charge in [0.2, 0.25) is 0 Å². The van der Waals surface area contributed by atoms with Crippen LogP contribution in [0.5, 0.6) is 11.5 Å². The molecule has 0 saturated heterocycles. The molecule has 2 aromatic carbocycles. The normalized spacial score (nSPS) is 10.3. The summed E-state index contributed by atoms with van der Waals surface area (Å²) in [7, 11) is 0. The number of ether oxygens (including phenoxy) is 1. The van der Waals surface area contributed by atoms with Crippen molar-refractivity contribution in [3.05, 3.63) is 57.0 Å². The van der Waals surface area contributed by atoms with Crippen molar-refractivity contribution in [1.29, 1.82) is 0 Å². The van der Waals surface area contributed by atoms with Gasteiger partial charge in [-0.05, 0) is 24.3 Å². The highest BCUT2D eigenvalue weighted by atomic mass is 35.5. The third-order valence-electron chi connectivity index (χ3n) is 2.31. The lowest BCUT2D eigenvalue weighted by molar-refractivity contribution is 0.0694. The monoisotopic (exact) mass is 316 g/mol. The molecule has 0 atom stereocenters. The Morgan fingerprint density at radius 1 is 1.00 bits per heavy atom. The van der Waals surface area contributed by atoms with E-state index >= 15 is 0 Å². The van der Waals surface area contributed by atoms with Crippen LogP contribution in [-0.4, -0.2) is 11.1 Å². The quantitative estimate of drug-likeness (QED) is 0.853. The number of carboxylic acid groups (broad SMARTS) is 1. The summed E-state index contributed by atoms with van der Waals surface area (Å²) in [6.07, 6.45) is 0. The third-order valence-corrected chi connectivity index (χ3v) is 3.35. The van der Waals surface area contributed by atoms with Gasteiger partial charge in [-0.1, -0.05) is 40.9 Å². The zero-order valence-electron chi connectivity index (χ0n) is 9.36. The number of carboxylic acids is 1. The maximum atomic E-state index is 11.1. The molecule has 2 rings (SSSR count). The van der Waals surface area contributed by atoms with Crippen molar-refractivity contribution in [2.24, 2.45) is 0 Å². The van der Waals surface area contributed by atoms with Gasteiger partial charge in [0, 0.05) is 6.07 Å². The third kappa shape index (κ3) is 3.13. The average molecular weight is 318 g/mol. The zero-order valence-corrected chi connectivity index (χ0v) is 11.6. The molecular formula is C13H7Cl3O3. The van der Waals surface area contributed by atoms with E-state index in [1.165, 1.54) is 18.2 Å². The lowest BCUT2D eigenvalue weighted by atomic mass is 10.2. The first-order valence-corrected chi connectivity index (χ1v) is 6.27. The number of carbonyl (C=O) groups is 1. The van der Waals surface area contributed by atoms with Gasteiger partial charge in [0.05, 0.1) is 15.1 Å². The van der Waals surface area contributed by atoms with Crippen molar-refractivity contribution in [3.63, 3.8) is 0 Å². The molecule has 2 aromatic rings. The van der Waals surface area contributed by atoms with Gasteiger partial charge in [0.1, 0.15) is 11.3 Å². The fourth-order valence-electron chi connectivity index (χ4n) is 1.44. The Labute approximate surface area is 124 Å². The zero-order chi connectivity index (χ0) is 14.0. The van der Waals surface area contributed by atoms with Gasteiger partial charge in [-0.25, -0.2) is 4.79 Å². The summed E-state index contributed by atoms with van der Waals surface area (Å²) in [6.45, 7) is 0. The second-order valence-electron chi connectivity index (χ2n) is 3.60. The molecule has 0 unspecified atom stereocenters. The molecule has 98 valence electrons. The summed E-state index contributed by atoms with van der Waals surface area (Å²) in [5.74, 6) is -0.711. The number of para-hydroxylation sites is 1. The molecule has 0 radical (unpaired) electrons. The average Bonchev–Trinajstić information content (AvgIpc) is 2.36. The van der Waals surface area contributed by atoms with E-state index in [-0.39, 0.29) is 16.3 Å². The van der Waals surface area contributed by atoms with Gasteiger partial charge in [0.15, 0.2) is 5.75 Å². The highest BCUT2D eigenvalue weighted by molar-refractivity contribution is 6.42. The van der Waals surface area contributed by atoms with Gasteiger partial charge in [0.25, 0.3) is 0 Å². The largest absolute Gasteiger partial charge is 0.478 e. The summed E-state index contributed by atoms with van der Waals surface area (Å²) in [5, 5.41) is 9.97. The number of halogens is 3. The highest BCUT2D eigenvalue weighted by Crippen LogP contribution is 2.35. The van der Waals surface area contributed by atoms with Crippen molar-refractivity contribution < 1.29 is 14.6 Å². The summed E-state index contributed by atoms with van der Waals surface area (Å²) >= 11 is 17.6. The van der Waals surface area contributed by atoms with Gasteiger partial charge in [-0.3, -0.25) is 0 Å². The Morgan fingerprint density at radius 3 is 2.37 bits per heavy atom. The van der Waals surface area contributed by atoms with E-state index in [9.17, 15) is 4.79 Å². The molecule has 1 N–H and O–H groups in total. The molecule has 0 heterocycles. The van der Waals surface area contributed by atoms with Crippen molar-refractivity contribution in [2.75, 3.05) is 0 Å².